The Morgan fingerprint density at radius 2 is 2.20 bits per heavy atom. The first-order valence-electron chi connectivity index (χ1n) is 6.34. The van der Waals surface area contributed by atoms with Crippen LogP contribution in [0.4, 0.5) is 11.4 Å². The van der Waals surface area contributed by atoms with Crippen LogP contribution in [0.1, 0.15) is 4.88 Å². The van der Waals surface area contributed by atoms with Crippen LogP contribution in [-0.4, -0.2) is 11.5 Å². The number of hydrogen-bond donors (Lipinski definition) is 2. The SMILES string of the molecule is Nc1ccc(NCCc2cccs2)c2ncc(Br)cc12. The number of halogens is 1. The van der Waals surface area contributed by atoms with Gasteiger partial charge >= 0.3 is 0 Å². The molecule has 0 aliphatic carbocycles. The lowest BCUT2D eigenvalue weighted by molar-refractivity contribution is 1.05. The van der Waals surface area contributed by atoms with E-state index in [1.807, 2.05) is 18.2 Å². The van der Waals surface area contributed by atoms with Crippen LogP contribution in [0.5, 0.6) is 0 Å². The number of nitrogen functional groups attached to an aromatic ring is 1. The van der Waals surface area contributed by atoms with Crippen molar-refractivity contribution >= 4 is 49.5 Å². The van der Waals surface area contributed by atoms with Crippen molar-refractivity contribution < 1.29 is 0 Å². The summed E-state index contributed by atoms with van der Waals surface area (Å²) in [6.45, 7) is 0.886. The highest BCUT2D eigenvalue weighted by atomic mass is 79.9. The van der Waals surface area contributed by atoms with E-state index in [1.54, 1.807) is 17.5 Å². The Kier molecular flexibility index (Phi) is 3.89. The molecule has 20 heavy (non-hydrogen) atoms. The summed E-state index contributed by atoms with van der Waals surface area (Å²) in [5, 5.41) is 6.52. The van der Waals surface area contributed by atoms with Gasteiger partial charge in [-0.25, -0.2) is 0 Å². The van der Waals surface area contributed by atoms with Crippen LogP contribution in [0.2, 0.25) is 0 Å². The Balaban J connectivity index is 1.82. The van der Waals surface area contributed by atoms with Crippen molar-refractivity contribution in [1.29, 1.82) is 0 Å². The van der Waals surface area contributed by atoms with Crippen molar-refractivity contribution in [3.8, 4) is 0 Å². The number of hydrogen-bond acceptors (Lipinski definition) is 4. The molecule has 2 heterocycles. The van der Waals surface area contributed by atoms with Crippen molar-refractivity contribution in [1.82, 2.24) is 4.98 Å². The van der Waals surface area contributed by atoms with Gasteiger partial charge in [0.2, 0.25) is 0 Å². The van der Waals surface area contributed by atoms with Crippen LogP contribution < -0.4 is 11.1 Å². The van der Waals surface area contributed by atoms with E-state index in [2.05, 4.69) is 43.7 Å². The van der Waals surface area contributed by atoms with E-state index in [1.165, 1.54) is 4.88 Å². The van der Waals surface area contributed by atoms with Crippen molar-refractivity contribution in [2.45, 2.75) is 6.42 Å². The van der Waals surface area contributed by atoms with E-state index in [0.717, 1.165) is 39.7 Å². The summed E-state index contributed by atoms with van der Waals surface area (Å²) in [6.07, 6.45) is 2.81. The molecule has 0 aliphatic rings. The molecule has 2 aromatic heterocycles. The Bertz CT molecular complexity index is 725. The third-order valence-electron chi connectivity index (χ3n) is 3.12. The minimum absolute atomic E-state index is 0.748. The van der Waals surface area contributed by atoms with Crippen LogP contribution in [0, 0.1) is 0 Å². The Morgan fingerprint density at radius 3 is 3.00 bits per heavy atom. The quantitative estimate of drug-likeness (QED) is 0.692. The van der Waals surface area contributed by atoms with Gasteiger partial charge in [0, 0.05) is 33.2 Å². The topological polar surface area (TPSA) is 50.9 Å². The van der Waals surface area contributed by atoms with E-state index in [0.29, 0.717) is 0 Å². The number of anilines is 2. The van der Waals surface area contributed by atoms with Crippen molar-refractivity contribution in [2.75, 3.05) is 17.6 Å². The molecule has 0 aliphatic heterocycles. The van der Waals surface area contributed by atoms with E-state index >= 15 is 0 Å². The van der Waals surface area contributed by atoms with Crippen LogP contribution >= 0.6 is 27.3 Å². The maximum absolute atomic E-state index is 6.01. The highest BCUT2D eigenvalue weighted by Gasteiger charge is 2.06. The van der Waals surface area contributed by atoms with E-state index in [-0.39, 0.29) is 0 Å². The molecule has 3 N–H and O–H groups in total. The van der Waals surface area contributed by atoms with Gasteiger partial charge in [0.05, 0.1) is 11.2 Å². The molecule has 0 unspecified atom stereocenters. The van der Waals surface area contributed by atoms with Gasteiger partial charge < -0.3 is 11.1 Å². The molecule has 0 fully saturated rings. The number of benzene rings is 1. The van der Waals surface area contributed by atoms with Gasteiger partial charge in [0.1, 0.15) is 0 Å². The Morgan fingerprint density at radius 1 is 1.30 bits per heavy atom. The summed E-state index contributed by atoms with van der Waals surface area (Å²) in [4.78, 5) is 5.85. The number of pyridine rings is 1. The first-order chi connectivity index (χ1) is 9.74. The number of aromatic nitrogens is 1. The van der Waals surface area contributed by atoms with Gasteiger partial charge in [-0.15, -0.1) is 11.3 Å². The molecule has 0 radical (unpaired) electrons. The molecule has 3 nitrogen and oxygen atoms in total. The zero-order valence-electron chi connectivity index (χ0n) is 10.8. The first kappa shape index (κ1) is 13.4. The molecule has 5 heteroatoms. The van der Waals surface area contributed by atoms with Gasteiger partial charge in [-0.1, -0.05) is 6.07 Å². The fourth-order valence-electron chi connectivity index (χ4n) is 2.13. The van der Waals surface area contributed by atoms with Crippen molar-refractivity contribution in [2.24, 2.45) is 0 Å². The maximum atomic E-state index is 6.01. The molecule has 1 aromatic carbocycles. The second-order valence-electron chi connectivity index (χ2n) is 4.51. The third-order valence-corrected chi connectivity index (χ3v) is 4.49. The zero-order chi connectivity index (χ0) is 13.9. The molecule has 0 amide bonds. The van der Waals surface area contributed by atoms with Gasteiger partial charge in [0.25, 0.3) is 0 Å². The number of thiophene rings is 1. The number of nitrogens with zero attached hydrogens (tertiary/aromatic N) is 1. The second-order valence-corrected chi connectivity index (χ2v) is 6.46. The number of nitrogens with one attached hydrogen (secondary N) is 1. The summed E-state index contributed by atoms with van der Waals surface area (Å²) < 4.78 is 0.937. The zero-order valence-corrected chi connectivity index (χ0v) is 13.2. The highest BCUT2D eigenvalue weighted by Crippen LogP contribution is 2.28. The number of rotatable bonds is 4. The molecule has 0 saturated carbocycles. The highest BCUT2D eigenvalue weighted by molar-refractivity contribution is 9.10. The summed E-state index contributed by atoms with van der Waals surface area (Å²) >= 11 is 5.22. The lowest BCUT2D eigenvalue weighted by atomic mass is 10.1. The molecule has 3 aromatic rings. The summed E-state index contributed by atoms with van der Waals surface area (Å²) in [5.41, 5.74) is 8.70. The first-order valence-corrected chi connectivity index (χ1v) is 8.01. The Labute approximate surface area is 130 Å². The predicted octanol–water partition coefficient (Wildman–Crippen LogP) is 4.30. The molecule has 102 valence electrons. The lowest BCUT2D eigenvalue weighted by Crippen LogP contribution is -2.05. The molecule has 0 bridgehead atoms. The van der Waals surface area contributed by atoms with E-state index in [9.17, 15) is 0 Å². The van der Waals surface area contributed by atoms with Crippen molar-refractivity contribution in [3.05, 3.63) is 51.3 Å². The standard InChI is InChI=1S/C15H14BrN3S/c16-10-8-12-13(17)3-4-14(15(12)19-9-10)18-6-5-11-2-1-7-20-11/h1-4,7-9,18H,5-6,17H2. The smallest absolute Gasteiger partial charge is 0.0954 e. The molecular weight excluding hydrogens is 334 g/mol. The van der Waals surface area contributed by atoms with Crippen LogP contribution in [0.3, 0.4) is 0 Å². The average molecular weight is 348 g/mol. The van der Waals surface area contributed by atoms with Gasteiger partial charge in [-0.3, -0.25) is 4.98 Å². The number of fused-ring (bicyclic) bond motifs is 1. The average Bonchev–Trinajstić information content (AvgIpc) is 2.95. The monoisotopic (exact) mass is 347 g/mol. The summed E-state index contributed by atoms with van der Waals surface area (Å²) in [5.74, 6) is 0. The predicted molar refractivity (Wildman–Crippen MR) is 90.4 cm³/mol. The Hall–Kier alpha value is -1.59. The molecule has 0 spiro atoms. The minimum atomic E-state index is 0.748. The number of nitrogens with two attached hydrogens (primary N) is 1. The summed E-state index contributed by atoms with van der Waals surface area (Å²) in [6, 6.07) is 10.2. The molecular formula is C15H14BrN3S. The molecule has 0 saturated heterocycles. The largest absolute Gasteiger partial charge is 0.398 e. The molecule has 3 rings (SSSR count). The van der Waals surface area contributed by atoms with Gasteiger partial charge in [-0.05, 0) is 52.0 Å². The second kappa shape index (κ2) is 5.81. The van der Waals surface area contributed by atoms with Crippen molar-refractivity contribution in [3.63, 3.8) is 0 Å². The van der Waals surface area contributed by atoms with Gasteiger partial charge in [-0.2, -0.15) is 0 Å². The van der Waals surface area contributed by atoms with E-state index in [4.69, 9.17) is 5.73 Å². The molecule has 0 atom stereocenters. The van der Waals surface area contributed by atoms with Crippen LogP contribution in [0.15, 0.2) is 46.4 Å². The van der Waals surface area contributed by atoms with Crippen LogP contribution in [0.25, 0.3) is 10.9 Å². The fraction of sp³-hybridized carbons (Fsp3) is 0.133. The van der Waals surface area contributed by atoms with Crippen LogP contribution in [-0.2, 0) is 6.42 Å². The third kappa shape index (κ3) is 2.78. The normalized spacial score (nSPS) is 10.8. The van der Waals surface area contributed by atoms with E-state index < -0.39 is 0 Å². The summed E-state index contributed by atoms with van der Waals surface area (Å²) in [7, 11) is 0. The lowest BCUT2D eigenvalue weighted by Gasteiger charge is -2.10. The minimum Gasteiger partial charge on any atom is -0.398 e. The fourth-order valence-corrected chi connectivity index (χ4v) is 3.17. The van der Waals surface area contributed by atoms with Gasteiger partial charge in [0.15, 0.2) is 0 Å². The maximum Gasteiger partial charge on any atom is 0.0954 e.